The number of halogens is 2. The Labute approximate surface area is 164 Å². The largest absolute Gasteiger partial charge is 0.497 e. The maximum absolute atomic E-state index is 13.7. The van der Waals surface area contributed by atoms with Gasteiger partial charge >= 0.3 is 5.97 Å². The van der Waals surface area contributed by atoms with Gasteiger partial charge < -0.3 is 19.5 Å². The molecule has 0 aliphatic heterocycles. The number of aromatic nitrogens is 1. The van der Waals surface area contributed by atoms with Gasteiger partial charge in [-0.15, -0.1) is 0 Å². The van der Waals surface area contributed by atoms with Gasteiger partial charge in [-0.2, -0.15) is 0 Å². The van der Waals surface area contributed by atoms with Crippen LogP contribution in [0.3, 0.4) is 0 Å². The second-order valence-electron chi connectivity index (χ2n) is 5.84. The van der Waals surface area contributed by atoms with Gasteiger partial charge in [-0.1, -0.05) is 0 Å². The molecule has 3 rings (SSSR count). The highest BCUT2D eigenvalue weighted by molar-refractivity contribution is 5.95. The van der Waals surface area contributed by atoms with Crippen molar-refractivity contribution in [2.24, 2.45) is 0 Å². The van der Waals surface area contributed by atoms with E-state index in [9.17, 15) is 18.4 Å². The summed E-state index contributed by atoms with van der Waals surface area (Å²) in [6, 6.07) is 8.92. The molecule has 0 radical (unpaired) electrons. The van der Waals surface area contributed by atoms with Gasteiger partial charge in [0.1, 0.15) is 23.1 Å². The van der Waals surface area contributed by atoms with E-state index < -0.39 is 30.1 Å². The quantitative estimate of drug-likeness (QED) is 0.637. The molecule has 0 fully saturated rings. The molecular formula is C20H16F2N2O5. The van der Waals surface area contributed by atoms with Gasteiger partial charge in [0.05, 0.1) is 25.4 Å². The minimum Gasteiger partial charge on any atom is -0.497 e. The molecule has 9 heteroatoms. The van der Waals surface area contributed by atoms with Crippen molar-refractivity contribution >= 4 is 28.5 Å². The van der Waals surface area contributed by atoms with Crippen molar-refractivity contribution in [2.75, 3.05) is 26.1 Å². The Morgan fingerprint density at radius 3 is 2.59 bits per heavy atom. The molecule has 0 saturated heterocycles. The van der Waals surface area contributed by atoms with Gasteiger partial charge in [0.25, 0.3) is 5.91 Å². The first-order valence-corrected chi connectivity index (χ1v) is 8.36. The van der Waals surface area contributed by atoms with Crippen LogP contribution in [0.1, 0.15) is 10.5 Å². The lowest BCUT2D eigenvalue weighted by molar-refractivity contribution is -0.118. The highest BCUT2D eigenvalue weighted by atomic mass is 19.1. The van der Waals surface area contributed by atoms with E-state index in [0.29, 0.717) is 16.7 Å². The maximum atomic E-state index is 13.7. The number of amides is 1. The van der Waals surface area contributed by atoms with Crippen molar-refractivity contribution in [1.29, 1.82) is 0 Å². The van der Waals surface area contributed by atoms with Gasteiger partial charge in [-0.3, -0.25) is 4.79 Å². The number of fused-ring (bicyclic) bond motifs is 1. The first kappa shape index (κ1) is 20.0. The lowest BCUT2D eigenvalue weighted by Crippen LogP contribution is -2.21. The molecule has 7 nitrogen and oxygen atoms in total. The molecule has 0 aliphatic carbocycles. The average molecular weight is 402 g/mol. The Hall–Kier alpha value is -3.75. The summed E-state index contributed by atoms with van der Waals surface area (Å²) in [6.07, 6.45) is 0. The van der Waals surface area contributed by atoms with Crippen LogP contribution in [0.15, 0.2) is 42.5 Å². The summed E-state index contributed by atoms with van der Waals surface area (Å²) in [5.74, 6) is -2.20. The Morgan fingerprint density at radius 1 is 1.07 bits per heavy atom. The van der Waals surface area contributed by atoms with Crippen LogP contribution in [0.2, 0.25) is 0 Å². The summed E-state index contributed by atoms with van der Waals surface area (Å²) < 4.78 is 42.3. The van der Waals surface area contributed by atoms with Crippen molar-refractivity contribution < 1.29 is 32.6 Å². The van der Waals surface area contributed by atoms with Crippen LogP contribution in [0.4, 0.5) is 14.5 Å². The molecule has 1 aromatic heterocycles. The number of hydrogen-bond acceptors (Lipinski definition) is 6. The van der Waals surface area contributed by atoms with E-state index in [1.54, 1.807) is 18.2 Å². The average Bonchev–Trinajstić information content (AvgIpc) is 2.73. The Kier molecular flexibility index (Phi) is 5.87. The molecule has 29 heavy (non-hydrogen) atoms. The monoisotopic (exact) mass is 402 g/mol. The van der Waals surface area contributed by atoms with Crippen molar-refractivity contribution in [3.8, 4) is 11.5 Å². The number of pyridine rings is 1. The van der Waals surface area contributed by atoms with E-state index in [1.807, 2.05) is 0 Å². The van der Waals surface area contributed by atoms with E-state index in [2.05, 4.69) is 15.0 Å². The van der Waals surface area contributed by atoms with Crippen LogP contribution in [0, 0.1) is 11.6 Å². The van der Waals surface area contributed by atoms with E-state index >= 15 is 0 Å². The molecule has 0 saturated carbocycles. The van der Waals surface area contributed by atoms with E-state index in [0.717, 1.165) is 18.2 Å². The first-order chi connectivity index (χ1) is 13.9. The third-order valence-electron chi connectivity index (χ3n) is 3.93. The third-order valence-corrected chi connectivity index (χ3v) is 3.93. The minimum atomic E-state index is -0.785. The lowest BCUT2D eigenvalue weighted by Gasteiger charge is -2.12. The standard InChI is InChI=1S/C20H16F2N2O5/c1-27-12-4-6-15-13(8-12)18(9-17(23-15)20(26)28-2)29-10-19(25)24-16-7-11(21)3-5-14(16)22/h3-9H,10H2,1-2H3,(H,24,25). The molecule has 0 bridgehead atoms. The highest BCUT2D eigenvalue weighted by Gasteiger charge is 2.16. The minimum absolute atomic E-state index is 0.0169. The Morgan fingerprint density at radius 2 is 1.86 bits per heavy atom. The zero-order valence-corrected chi connectivity index (χ0v) is 15.5. The van der Waals surface area contributed by atoms with Crippen LogP contribution in [0.25, 0.3) is 10.9 Å². The summed E-state index contributed by atoms with van der Waals surface area (Å²) in [5, 5.41) is 2.72. The molecule has 150 valence electrons. The second-order valence-corrected chi connectivity index (χ2v) is 5.84. The van der Waals surface area contributed by atoms with Crippen LogP contribution in [0.5, 0.6) is 11.5 Å². The van der Waals surface area contributed by atoms with Gasteiger partial charge in [-0.25, -0.2) is 18.6 Å². The summed E-state index contributed by atoms with van der Waals surface area (Å²) in [5.41, 5.74) is 0.0899. The summed E-state index contributed by atoms with van der Waals surface area (Å²) in [4.78, 5) is 28.2. The molecule has 3 aromatic rings. The molecular weight excluding hydrogens is 386 g/mol. The number of nitrogens with zero attached hydrogens (tertiary/aromatic N) is 1. The van der Waals surface area contributed by atoms with Crippen molar-refractivity contribution in [2.45, 2.75) is 0 Å². The predicted molar refractivity (Wildman–Crippen MR) is 100 cm³/mol. The number of hydrogen-bond donors (Lipinski definition) is 1. The molecule has 0 aliphatic rings. The number of methoxy groups -OCH3 is 2. The molecule has 0 atom stereocenters. The Balaban J connectivity index is 1.86. The number of carbonyl (C=O) groups is 2. The number of nitrogens with one attached hydrogen (secondary N) is 1. The molecule has 1 amide bonds. The zero-order valence-electron chi connectivity index (χ0n) is 15.5. The van der Waals surface area contributed by atoms with Crippen LogP contribution in [-0.2, 0) is 9.53 Å². The number of benzene rings is 2. The highest BCUT2D eigenvalue weighted by Crippen LogP contribution is 2.29. The molecule has 1 N–H and O–H groups in total. The SMILES string of the molecule is COC(=O)c1cc(OCC(=O)Nc2cc(F)ccc2F)c2cc(OC)ccc2n1. The van der Waals surface area contributed by atoms with E-state index in [1.165, 1.54) is 20.3 Å². The normalized spacial score (nSPS) is 10.5. The first-order valence-electron chi connectivity index (χ1n) is 8.36. The fourth-order valence-corrected chi connectivity index (χ4v) is 2.55. The zero-order chi connectivity index (χ0) is 21.0. The van der Waals surface area contributed by atoms with Crippen LogP contribution >= 0.6 is 0 Å². The summed E-state index contributed by atoms with van der Waals surface area (Å²) in [7, 11) is 2.70. The number of anilines is 1. The number of rotatable bonds is 6. The van der Waals surface area contributed by atoms with Crippen molar-refractivity contribution in [3.05, 3.63) is 59.8 Å². The number of carbonyl (C=O) groups excluding carboxylic acids is 2. The smallest absolute Gasteiger partial charge is 0.356 e. The molecule has 2 aromatic carbocycles. The maximum Gasteiger partial charge on any atom is 0.356 e. The van der Waals surface area contributed by atoms with Crippen LogP contribution < -0.4 is 14.8 Å². The van der Waals surface area contributed by atoms with Gasteiger partial charge in [0, 0.05) is 17.5 Å². The van der Waals surface area contributed by atoms with Gasteiger partial charge in [0.15, 0.2) is 12.3 Å². The van der Waals surface area contributed by atoms with E-state index in [-0.39, 0.29) is 17.1 Å². The predicted octanol–water partition coefficient (Wildman–Crippen LogP) is 3.33. The topological polar surface area (TPSA) is 86.8 Å². The van der Waals surface area contributed by atoms with Gasteiger partial charge in [0.2, 0.25) is 0 Å². The second kappa shape index (κ2) is 8.51. The molecule has 0 spiro atoms. The summed E-state index contributed by atoms with van der Waals surface area (Å²) in [6.45, 7) is -0.521. The van der Waals surface area contributed by atoms with Crippen molar-refractivity contribution in [1.82, 2.24) is 4.98 Å². The fourth-order valence-electron chi connectivity index (χ4n) is 2.55. The molecule has 0 unspecified atom stereocenters. The van der Waals surface area contributed by atoms with Crippen molar-refractivity contribution in [3.63, 3.8) is 0 Å². The third kappa shape index (κ3) is 4.57. The van der Waals surface area contributed by atoms with E-state index in [4.69, 9.17) is 9.47 Å². The summed E-state index contributed by atoms with van der Waals surface area (Å²) >= 11 is 0. The Bertz CT molecular complexity index is 1090. The number of ether oxygens (including phenoxy) is 3. The van der Waals surface area contributed by atoms with Crippen LogP contribution in [-0.4, -0.2) is 37.7 Å². The molecule has 1 heterocycles. The van der Waals surface area contributed by atoms with Gasteiger partial charge in [-0.05, 0) is 30.3 Å². The lowest BCUT2D eigenvalue weighted by atomic mass is 10.1. The number of esters is 1. The fraction of sp³-hybridized carbons (Fsp3) is 0.150.